The van der Waals surface area contributed by atoms with Crippen molar-refractivity contribution in [1.82, 2.24) is 5.32 Å². The topological polar surface area (TPSA) is 81.7 Å². The first kappa shape index (κ1) is 16.1. The summed E-state index contributed by atoms with van der Waals surface area (Å²) in [4.78, 5) is 12.7. The van der Waals surface area contributed by atoms with E-state index in [9.17, 15) is 13.2 Å². The molecule has 0 bridgehead atoms. The van der Waals surface area contributed by atoms with Gasteiger partial charge >= 0.3 is 0 Å². The standard InChI is InChI=1S/C16H21NO5S/c1-11(12-5-6-13-14(9-12)22-10-21-13)17-15(18)16(23(2,19)20)7-3-4-8-16/h5-6,9,11H,3-4,7-8,10H2,1-2H3,(H,17,18)/t11-/m0/s1. The average Bonchev–Trinajstić information content (AvgIpc) is 3.15. The number of amides is 1. The van der Waals surface area contributed by atoms with E-state index in [2.05, 4.69) is 5.32 Å². The molecule has 1 saturated carbocycles. The van der Waals surface area contributed by atoms with Gasteiger partial charge in [-0.2, -0.15) is 0 Å². The van der Waals surface area contributed by atoms with Gasteiger partial charge in [0.15, 0.2) is 21.3 Å². The van der Waals surface area contributed by atoms with Crippen molar-refractivity contribution < 1.29 is 22.7 Å². The molecular weight excluding hydrogens is 318 g/mol. The van der Waals surface area contributed by atoms with E-state index in [4.69, 9.17) is 9.47 Å². The van der Waals surface area contributed by atoms with Gasteiger partial charge in [0.1, 0.15) is 4.75 Å². The van der Waals surface area contributed by atoms with Gasteiger partial charge in [-0.1, -0.05) is 18.9 Å². The maximum Gasteiger partial charge on any atom is 0.241 e. The number of ether oxygens (including phenoxy) is 2. The minimum absolute atomic E-state index is 0.191. The highest BCUT2D eigenvalue weighted by Crippen LogP contribution is 2.38. The average molecular weight is 339 g/mol. The molecule has 1 aliphatic carbocycles. The molecule has 1 N–H and O–H groups in total. The molecule has 6 nitrogen and oxygen atoms in total. The lowest BCUT2D eigenvalue weighted by molar-refractivity contribution is -0.124. The fourth-order valence-corrected chi connectivity index (χ4v) is 4.73. The van der Waals surface area contributed by atoms with Crippen LogP contribution in [0.1, 0.15) is 44.2 Å². The van der Waals surface area contributed by atoms with Crippen LogP contribution >= 0.6 is 0 Å². The van der Waals surface area contributed by atoms with E-state index >= 15 is 0 Å². The Morgan fingerprint density at radius 3 is 2.52 bits per heavy atom. The number of sulfone groups is 1. The van der Waals surface area contributed by atoms with Crippen LogP contribution in [0.15, 0.2) is 18.2 Å². The Morgan fingerprint density at radius 1 is 1.22 bits per heavy atom. The van der Waals surface area contributed by atoms with Crippen molar-refractivity contribution in [3.63, 3.8) is 0 Å². The van der Waals surface area contributed by atoms with Crippen LogP contribution in [0, 0.1) is 0 Å². The van der Waals surface area contributed by atoms with Gasteiger partial charge in [0, 0.05) is 6.26 Å². The van der Waals surface area contributed by atoms with Crippen molar-refractivity contribution in [2.24, 2.45) is 0 Å². The third-order valence-corrected chi connectivity index (χ3v) is 6.79. The fourth-order valence-electron chi connectivity index (χ4n) is 3.31. The van der Waals surface area contributed by atoms with Gasteiger partial charge in [-0.05, 0) is 37.5 Å². The second-order valence-corrected chi connectivity index (χ2v) is 8.61. The minimum atomic E-state index is -3.46. The highest BCUT2D eigenvalue weighted by atomic mass is 32.2. The van der Waals surface area contributed by atoms with Crippen LogP contribution < -0.4 is 14.8 Å². The molecule has 23 heavy (non-hydrogen) atoms. The first-order valence-corrected chi connectivity index (χ1v) is 9.63. The Kier molecular flexibility index (Phi) is 4.00. The SMILES string of the molecule is C[C@H](NC(=O)C1(S(C)(=O)=O)CCCC1)c1ccc2c(c1)OCO2. The zero-order valence-corrected chi connectivity index (χ0v) is 14.1. The summed E-state index contributed by atoms with van der Waals surface area (Å²) >= 11 is 0. The Morgan fingerprint density at radius 2 is 1.87 bits per heavy atom. The number of benzene rings is 1. The molecule has 1 fully saturated rings. The van der Waals surface area contributed by atoms with Crippen LogP contribution in [0.25, 0.3) is 0 Å². The molecule has 126 valence electrons. The lowest BCUT2D eigenvalue weighted by atomic mass is 10.0. The lowest BCUT2D eigenvalue weighted by Crippen LogP contribution is -2.50. The molecule has 2 aliphatic rings. The molecule has 1 heterocycles. The van der Waals surface area contributed by atoms with Gasteiger partial charge in [-0.25, -0.2) is 8.42 Å². The van der Waals surface area contributed by atoms with E-state index in [0.717, 1.165) is 24.7 Å². The molecule has 1 amide bonds. The summed E-state index contributed by atoms with van der Waals surface area (Å²) in [6, 6.07) is 5.15. The van der Waals surface area contributed by atoms with Crippen molar-refractivity contribution in [1.29, 1.82) is 0 Å². The molecule has 7 heteroatoms. The van der Waals surface area contributed by atoms with Crippen LogP contribution in [0.3, 0.4) is 0 Å². The van der Waals surface area contributed by atoms with Crippen molar-refractivity contribution in [3.05, 3.63) is 23.8 Å². The number of carbonyl (C=O) groups is 1. The molecule has 3 rings (SSSR count). The van der Waals surface area contributed by atoms with E-state index in [1.165, 1.54) is 0 Å². The maximum atomic E-state index is 12.7. The molecule has 1 aromatic rings. The molecule has 0 unspecified atom stereocenters. The third kappa shape index (κ3) is 2.78. The molecule has 0 aromatic heterocycles. The second-order valence-electron chi connectivity index (χ2n) is 6.28. The van der Waals surface area contributed by atoms with Crippen LogP contribution in [0.5, 0.6) is 11.5 Å². The number of nitrogens with one attached hydrogen (secondary N) is 1. The molecule has 0 saturated heterocycles. The number of hydrogen-bond donors (Lipinski definition) is 1. The largest absolute Gasteiger partial charge is 0.454 e. The van der Waals surface area contributed by atoms with Gasteiger partial charge in [0.05, 0.1) is 6.04 Å². The zero-order valence-electron chi connectivity index (χ0n) is 13.3. The number of fused-ring (bicyclic) bond motifs is 1. The quantitative estimate of drug-likeness (QED) is 0.907. The summed E-state index contributed by atoms with van der Waals surface area (Å²) in [6.45, 7) is 2.02. The fraction of sp³-hybridized carbons (Fsp3) is 0.562. The van der Waals surface area contributed by atoms with Crippen LogP contribution in [0.2, 0.25) is 0 Å². The summed E-state index contributed by atoms with van der Waals surface area (Å²) in [7, 11) is -3.46. The van der Waals surface area contributed by atoms with Crippen molar-refractivity contribution in [2.75, 3.05) is 13.0 Å². The minimum Gasteiger partial charge on any atom is -0.454 e. The van der Waals surface area contributed by atoms with Gasteiger partial charge < -0.3 is 14.8 Å². The highest BCUT2D eigenvalue weighted by Gasteiger charge is 2.50. The van der Waals surface area contributed by atoms with Crippen LogP contribution in [0.4, 0.5) is 0 Å². The maximum absolute atomic E-state index is 12.7. The Bertz CT molecular complexity index is 722. The number of carbonyl (C=O) groups excluding carboxylic acids is 1. The Labute approximate surface area is 136 Å². The predicted octanol–water partition coefficient (Wildman–Crippen LogP) is 1.95. The summed E-state index contributed by atoms with van der Waals surface area (Å²) in [5, 5.41) is 2.86. The summed E-state index contributed by atoms with van der Waals surface area (Å²) in [6.07, 6.45) is 3.47. The number of hydrogen-bond acceptors (Lipinski definition) is 5. The summed E-state index contributed by atoms with van der Waals surface area (Å²) in [5.41, 5.74) is 0.851. The normalized spacial score (nSPS) is 20.3. The van der Waals surface area contributed by atoms with E-state index < -0.39 is 20.5 Å². The monoisotopic (exact) mass is 339 g/mol. The molecule has 1 atom stereocenters. The molecule has 0 radical (unpaired) electrons. The van der Waals surface area contributed by atoms with Crippen molar-refractivity contribution >= 4 is 15.7 Å². The summed E-state index contributed by atoms with van der Waals surface area (Å²) in [5.74, 6) is 0.917. The third-order valence-electron chi connectivity index (χ3n) is 4.78. The Balaban J connectivity index is 1.79. The van der Waals surface area contributed by atoms with Crippen molar-refractivity contribution in [2.45, 2.75) is 43.4 Å². The van der Waals surface area contributed by atoms with Gasteiger partial charge in [-0.3, -0.25) is 4.79 Å². The first-order chi connectivity index (χ1) is 10.8. The van der Waals surface area contributed by atoms with Crippen LogP contribution in [-0.4, -0.2) is 32.1 Å². The van der Waals surface area contributed by atoms with Gasteiger partial charge in [0.25, 0.3) is 0 Å². The van der Waals surface area contributed by atoms with Gasteiger partial charge in [-0.15, -0.1) is 0 Å². The van der Waals surface area contributed by atoms with E-state index in [-0.39, 0.29) is 12.8 Å². The number of rotatable bonds is 4. The summed E-state index contributed by atoms with van der Waals surface area (Å²) < 4.78 is 33.7. The molecule has 0 spiro atoms. The van der Waals surface area contributed by atoms with E-state index in [1.807, 2.05) is 19.1 Å². The van der Waals surface area contributed by atoms with Crippen molar-refractivity contribution in [3.8, 4) is 11.5 Å². The molecular formula is C16H21NO5S. The second kappa shape index (κ2) is 5.70. The van der Waals surface area contributed by atoms with E-state index in [0.29, 0.717) is 24.3 Å². The lowest BCUT2D eigenvalue weighted by Gasteiger charge is -2.27. The smallest absolute Gasteiger partial charge is 0.241 e. The molecule has 1 aromatic carbocycles. The molecule has 1 aliphatic heterocycles. The van der Waals surface area contributed by atoms with Crippen LogP contribution in [-0.2, 0) is 14.6 Å². The van der Waals surface area contributed by atoms with E-state index in [1.54, 1.807) is 6.07 Å². The predicted molar refractivity (Wildman–Crippen MR) is 85.2 cm³/mol. The first-order valence-electron chi connectivity index (χ1n) is 7.74. The zero-order chi connectivity index (χ0) is 16.7. The Hall–Kier alpha value is -1.76. The highest BCUT2D eigenvalue weighted by molar-refractivity contribution is 7.92. The van der Waals surface area contributed by atoms with Gasteiger partial charge in [0.2, 0.25) is 12.7 Å².